The van der Waals surface area contributed by atoms with E-state index in [4.69, 9.17) is 4.74 Å². The fourth-order valence-corrected chi connectivity index (χ4v) is 1.80. The lowest BCUT2D eigenvalue weighted by atomic mass is 10.1. The number of likely N-dealkylation sites (N-methyl/N-ethyl adjacent to an activating group) is 1. The summed E-state index contributed by atoms with van der Waals surface area (Å²) in [4.78, 5) is 25.0. The number of aryl methyl sites for hydroxylation is 1. The van der Waals surface area contributed by atoms with Crippen LogP contribution in [0.2, 0.25) is 0 Å². The van der Waals surface area contributed by atoms with E-state index < -0.39 is 11.7 Å². The minimum Gasteiger partial charge on any atom is -0.385 e. The summed E-state index contributed by atoms with van der Waals surface area (Å²) in [5, 5.41) is 2.67. The van der Waals surface area contributed by atoms with Crippen molar-refractivity contribution in [3.63, 3.8) is 0 Å². The Morgan fingerprint density at radius 3 is 2.76 bits per heavy atom. The molecule has 0 aliphatic carbocycles. The van der Waals surface area contributed by atoms with Gasteiger partial charge in [0.1, 0.15) is 5.82 Å². The summed E-state index contributed by atoms with van der Waals surface area (Å²) in [7, 11) is 3.06. The van der Waals surface area contributed by atoms with Gasteiger partial charge in [-0.3, -0.25) is 9.59 Å². The van der Waals surface area contributed by atoms with Gasteiger partial charge in [0, 0.05) is 27.3 Å². The maximum absolute atomic E-state index is 13.6. The van der Waals surface area contributed by atoms with Crippen molar-refractivity contribution in [3.8, 4) is 0 Å². The van der Waals surface area contributed by atoms with Gasteiger partial charge >= 0.3 is 0 Å². The zero-order chi connectivity index (χ0) is 15.8. The number of ether oxygens (including phenoxy) is 1. The van der Waals surface area contributed by atoms with E-state index in [9.17, 15) is 14.0 Å². The number of nitrogens with one attached hydrogen (secondary N) is 1. The summed E-state index contributed by atoms with van der Waals surface area (Å²) in [6.07, 6.45) is 0.701. The summed E-state index contributed by atoms with van der Waals surface area (Å²) in [6.45, 7) is 2.70. The zero-order valence-electron chi connectivity index (χ0n) is 12.6. The molecule has 0 aliphatic rings. The van der Waals surface area contributed by atoms with Crippen molar-refractivity contribution in [2.75, 3.05) is 33.9 Å². The SMILES string of the molecule is COCCCNC(=O)CN(C)C(=O)c1cc(C)ccc1F. The summed E-state index contributed by atoms with van der Waals surface area (Å²) < 4.78 is 18.5. The summed E-state index contributed by atoms with van der Waals surface area (Å²) in [5.41, 5.74) is 0.766. The number of rotatable bonds is 7. The third-order valence-corrected chi connectivity index (χ3v) is 2.93. The molecule has 0 saturated heterocycles. The lowest BCUT2D eigenvalue weighted by molar-refractivity contribution is -0.121. The molecule has 0 saturated carbocycles. The van der Waals surface area contributed by atoms with Crippen LogP contribution in [-0.4, -0.2) is 50.6 Å². The minimum absolute atomic E-state index is 0.0234. The Bertz CT molecular complexity index is 506. The van der Waals surface area contributed by atoms with Crippen LogP contribution in [0.4, 0.5) is 4.39 Å². The number of amides is 2. The van der Waals surface area contributed by atoms with Crippen molar-refractivity contribution in [1.82, 2.24) is 10.2 Å². The van der Waals surface area contributed by atoms with Crippen LogP contribution in [0, 0.1) is 12.7 Å². The Labute approximate surface area is 124 Å². The second kappa shape index (κ2) is 8.36. The zero-order valence-corrected chi connectivity index (χ0v) is 12.6. The molecule has 0 aromatic heterocycles. The number of carbonyl (C=O) groups is 2. The topological polar surface area (TPSA) is 58.6 Å². The number of benzene rings is 1. The van der Waals surface area contributed by atoms with Gasteiger partial charge in [-0.2, -0.15) is 0 Å². The van der Waals surface area contributed by atoms with E-state index in [1.165, 1.54) is 24.1 Å². The standard InChI is InChI=1S/C15H21FN2O3/c1-11-5-6-13(16)12(9-11)15(20)18(2)10-14(19)17-7-4-8-21-3/h5-6,9H,4,7-8,10H2,1-3H3,(H,17,19). The third kappa shape index (κ3) is 5.51. The maximum Gasteiger partial charge on any atom is 0.257 e. The third-order valence-electron chi connectivity index (χ3n) is 2.93. The summed E-state index contributed by atoms with van der Waals surface area (Å²) in [5.74, 6) is -1.38. The predicted molar refractivity (Wildman–Crippen MR) is 77.6 cm³/mol. The van der Waals surface area contributed by atoms with Crippen LogP contribution in [0.25, 0.3) is 0 Å². The first-order valence-electron chi connectivity index (χ1n) is 6.73. The molecule has 21 heavy (non-hydrogen) atoms. The van der Waals surface area contributed by atoms with E-state index in [1.807, 2.05) is 0 Å². The number of halogens is 1. The fraction of sp³-hybridized carbons (Fsp3) is 0.467. The van der Waals surface area contributed by atoms with Crippen LogP contribution in [0.5, 0.6) is 0 Å². The van der Waals surface area contributed by atoms with Crippen molar-refractivity contribution in [3.05, 3.63) is 35.1 Å². The number of methoxy groups -OCH3 is 1. The molecule has 0 aliphatic heterocycles. The van der Waals surface area contributed by atoms with Gasteiger partial charge in [0.25, 0.3) is 5.91 Å². The fourth-order valence-electron chi connectivity index (χ4n) is 1.80. The number of nitrogens with zero attached hydrogens (tertiary/aromatic N) is 1. The van der Waals surface area contributed by atoms with E-state index in [-0.39, 0.29) is 18.0 Å². The monoisotopic (exact) mass is 296 g/mol. The summed E-state index contributed by atoms with van der Waals surface area (Å²) >= 11 is 0. The highest BCUT2D eigenvalue weighted by Gasteiger charge is 2.18. The largest absolute Gasteiger partial charge is 0.385 e. The molecule has 1 rings (SSSR count). The molecule has 1 aromatic carbocycles. The van der Waals surface area contributed by atoms with Crippen molar-refractivity contribution >= 4 is 11.8 Å². The Kier molecular flexibility index (Phi) is 6.81. The molecule has 2 amide bonds. The molecule has 1 aromatic rings. The molecule has 116 valence electrons. The van der Waals surface area contributed by atoms with Gasteiger partial charge in [-0.1, -0.05) is 11.6 Å². The highest BCUT2D eigenvalue weighted by molar-refractivity contribution is 5.96. The number of hydrogen-bond donors (Lipinski definition) is 1. The average molecular weight is 296 g/mol. The number of carbonyl (C=O) groups excluding carboxylic acids is 2. The van der Waals surface area contributed by atoms with E-state index in [0.717, 1.165) is 5.56 Å². The van der Waals surface area contributed by atoms with Crippen LogP contribution in [0.3, 0.4) is 0 Å². The van der Waals surface area contributed by atoms with Crippen molar-refractivity contribution in [1.29, 1.82) is 0 Å². The normalized spacial score (nSPS) is 10.3. The first kappa shape index (κ1) is 17.1. The molecule has 0 atom stereocenters. The number of hydrogen-bond acceptors (Lipinski definition) is 3. The lowest BCUT2D eigenvalue weighted by Crippen LogP contribution is -2.39. The van der Waals surface area contributed by atoms with Gasteiger partial charge in [-0.25, -0.2) is 4.39 Å². The molecule has 0 fully saturated rings. The molecular formula is C15H21FN2O3. The maximum atomic E-state index is 13.6. The second-order valence-electron chi connectivity index (χ2n) is 4.84. The van der Waals surface area contributed by atoms with Gasteiger partial charge < -0.3 is 15.0 Å². The van der Waals surface area contributed by atoms with Gasteiger partial charge in [-0.05, 0) is 25.5 Å². The second-order valence-corrected chi connectivity index (χ2v) is 4.84. The highest BCUT2D eigenvalue weighted by Crippen LogP contribution is 2.12. The Hall–Kier alpha value is -1.95. The molecule has 0 bridgehead atoms. The van der Waals surface area contributed by atoms with Gasteiger partial charge in [0.05, 0.1) is 12.1 Å². The van der Waals surface area contributed by atoms with Crippen LogP contribution < -0.4 is 5.32 Å². The van der Waals surface area contributed by atoms with E-state index in [2.05, 4.69) is 5.32 Å². The first-order valence-corrected chi connectivity index (χ1v) is 6.73. The van der Waals surface area contributed by atoms with Crippen LogP contribution in [0.1, 0.15) is 22.3 Å². The molecule has 0 spiro atoms. The average Bonchev–Trinajstić information content (AvgIpc) is 2.45. The molecule has 0 radical (unpaired) electrons. The molecular weight excluding hydrogens is 275 g/mol. The summed E-state index contributed by atoms with van der Waals surface area (Å²) in [6, 6.07) is 4.32. The van der Waals surface area contributed by atoms with E-state index in [1.54, 1.807) is 20.1 Å². The van der Waals surface area contributed by atoms with E-state index >= 15 is 0 Å². The molecule has 5 nitrogen and oxygen atoms in total. The van der Waals surface area contributed by atoms with Gasteiger partial charge in [0.15, 0.2) is 0 Å². The smallest absolute Gasteiger partial charge is 0.257 e. The van der Waals surface area contributed by atoms with Crippen molar-refractivity contribution in [2.24, 2.45) is 0 Å². The Morgan fingerprint density at radius 1 is 1.38 bits per heavy atom. The van der Waals surface area contributed by atoms with Crippen LogP contribution >= 0.6 is 0 Å². The van der Waals surface area contributed by atoms with E-state index in [0.29, 0.717) is 19.6 Å². The molecule has 6 heteroatoms. The molecule has 0 heterocycles. The minimum atomic E-state index is -0.585. The Morgan fingerprint density at radius 2 is 2.10 bits per heavy atom. The Balaban J connectivity index is 2.54. The predicted octanol–water partition coefficient (Wildman–Crippen LogP) is 1.36. The quantitative estimate of drug-likeness (QED) is 0.773. The molecule has 1 N–H and O–H groups in total. The highest BCUT2D eigenvalue weighted by atomic mass is 19.1. The lowest BCUT2D eigenvalue weighted by Gasteiger charge is -2.17. The van der Waals surface area contributed by atoms with Gasteiger partial charge in [-0.15, -0.1) is 0 Å². The van der Waals surface area contributed by atoms with Crippen LogP contribution in [0.15, 0.2) is 18.2 Å². The van der Waals surface area contributed by atoms with Gasteiger partial charge in [0.2, 0.25) is 5.91 Å². The van der Waals surface area contributed by atoms with Crippen molar-refractivity contribution in [2.45, 2.75) is 13.3 Å². The molecule has 0 unspecified atom stereocenters. The first-order chi connectivity index (χ1) is 9.95. The van der Waals surface area contributed by atoms with Crippen LogP contribution in [-0.2, 0) is 9.53 Å². The van der Waals surface area contributed by atoms with Crippen molar-refractivity contribution < 1.29 is 18.7 Å².